The van der Waals surface area contributed by atoms with Crippen LogP contribution < -0.4 is 10.6 Å². The summed E-state index contributed by atoms with van der Waals surface area (Å²) in [5.74, 6) is 0.939. The van der Waals surface area contributed by atoms with Crippen molar-refractivity contribution in [1.82, 2.24) is 15.5 Å². The molecule has 8 heteroatoms. The summed E-state index contributed by atoms with van der Waals surface area (Å²) < 4.78 is 0. The quantitative estimate of drug-likeness (QED) is 0.305. The van der Waals surface area contributed by atoms with E-state index in [1.165, 1.54) is 0 Å². The third kappa shape index (κ3) is 7.40. The van der Waals surface area contributed by atoms with Crippen LogP contribution in [0.1, 0.15) is 45.3 Å². The Hall–Kier alpha value is -1.06. The molecule has 0 saturated carbocycles. The van der Waals surface area contributed by atoms with E-state index in [1.54, 1.807) is 6.07 Å². The molecular weight excluding hydrogens is 491 g/mol. The molecule has 0 aromatic heterocycles. The van der Waals surface area contributed by atoms with Crippen LogP contribution in [0.5, 0.6) is 0 Å². The zero-order valence-electron chi connectivity index (χ0n) is 16.8. The minimum Gasteiger partial charge on any atom is -0.386 e. The maximum Gasteiger partial charge on any atom is 0.225 e. The summed E-state index contributed by atoms with van der Waals surface area (Å²) in [4.78, 5) is 18.6. The second-order valence-corrected chi connectivity index (χ2v) is 7.56. The summed E-state index contributed by atoms with van der Waals surface area (Å²) in [5.41, 5.74) is 0.680. The second-order valence-electron chi connectivity index (χ2n) is 7.16. The van der Waals surface area contributed by atoms with Crippen LogP contribution in [0, 0.1) is 5.92 Å². The molecule has 1 heterocycles. The average molecular weight is 523 g/mol. The van der Waals surface area contributed by atoms with Crippen molar-refractivity contribution >= 4 is 47.4 Å². The first-order valence-electron chi connectivity index (χ1n) is 9.68. The number of carbonyl (C=O) groups excluding carboxylic acids is 1. The lowest BCUT2D eigenvalue weighted by Crippen LogP contribution is -2.50. The van der Waals surface area contributed by atoms with Crippen LogP contribution in [0.4, 0.5) is 0 Å². The van der Waals surface area contributed by atoms with Crippen LogP contribution >= 0.6 is 35.6 Å². The number of aliphatic hydroxyl groups excluding tert-OH is 1. The normalized spacial score (nSPS) is 16.5. The molecule has 1 amide bonds. The topological polar surface area (TPSA) is 77.0 Å². The molecule has 3 N–H and O–H groups in total. The Labute approximate surface area is 190 Å². The first-order valence-corrected chi connectivity index (χ1v) is 10.1. The molecule has 6 nitrogen and oxygen atoms in total. The standard InChI is InChI=1S/C20H31ClN4O2.HI/c1-4-22-20(23-13-18(26)16-7-5-6-8-17(16)21)24-15-9-11-25(12-10-15)19(27)14(2)3;/h5-8,14-15,18,26H,4,9-13H2,1-3H3,(H2,22,23,24);1H. The highest BCUT2D eigenvalue weighted by Gasteiger charge is 2.24. The van der Waals surface area contributed by atoms with Gasteiger partial charge in [-0.3, -0.25) is 9.79 Å². The van der Waals surface area contributed by atoms with Gasteiger partial charge in [0.1, 0.15) is 6.10 Å². The van der Waals surface area contributed by atoms with Crippen molar-refractivity contribution in [2.45, 2.75) is 45.8 Å². The zero-order valence-corrected chi connectivity index (χ0v) is 19.9. The van der Waals surface area contributed by atoms with Crippen molar-refractivity contribution in [2.75, 3.05) is 26.2 Å². The highest BCUT2D eigenvalue weighted by Crippen LogP contribution is 2.22. The number of halogens is 2. The fourth-order valence-corrected chi connectivity index (χ4v) is 3.41. The van der Waals surface area contributed by atoms with E-state index in [0.717, 1.165) is 32.5 Å². The minimum absolute atomic E-state index is 0. The van der Waals surface area contributed by atoms with Crippen LogP contribution in [-0.2, 0) is 4.79 Å². The van der Waals surface area contributed by atoms with E-state index >= 15 is 0 Å². The fourth-order valence-electron chi connectivity index (χ4n) is 3.14. The summed E-state index contributed by atoms with van der Waals surface area (Å²) in [6.45, 7) is 8.36. The number of piperidine rings is 1. The van der Waals surface area contributed by atoms with Crippen molar-refractivity contribution in [3.8, 4) is 0 Å². The molecule has 1 unspecified atom stereocenters. The van der Waals surface area contributed by atoms with Gasteiger partial charge in [-0.2, -0.15) is 0 Å². The molecule has 1 fully saturated rings. The van der Waals surface area contributed by atoms with Crippen LogP contribution in [0.15, 0.2) is 29.3 Å². The summed E-state index contributed by atoms with van der Waals surface area (Å²) in [6, 6.07) is 7.52. The first-order chi connectivity index (χ1) is 12.9. The molecule has 158 valence electrons. The number of likely N-dealkylation sites (tertiary alicyclic amines) is 1. The second kappa shape index (κ2) is 12.5. The predicted octanol–water partition coefficient (Wildman–Crippen LogP) is 3.19. The summed E-state index contributed by atoms with van der Waals surface area (Å²) in [7, 11) is 0. The molecule has 1 aliphatic heterocycles. The number of guanidine groups is 1. The number of aliphatic imine (C=N–C) groups is 1. The van der Waals surface area contributed by atoms with Gasteiger partial charge in [-0.15, -0.1) is 24.0 Å². The van der Waals surface area contributed by atoms with Gasteiger partial charge in [-0.25, -0.2) is 0 Å². The highest BCUT2D eigenvalue weighted by molar-refractivity contribution is 14.0. The Balaban J connectivity index is 0.00000392. The summed E-state index contributed by atoms with van der Waals surface area (Å²) >= 11 is 6.14. The first kappa shape index (κ1) is 25.0. The van der Waals surface area contributed by atoms with Crippen LogP contribution in [0.25, 0.3) is 0 Å². The van der Waals surface area contributed by atoms with Gasteiger partial charge in [0.15, 0.2) is 5.96 Å². The third-order valence-corrected chi connectivity index (χ3v) is 5.02. The molecule has 1 saturated heterocycles. The number of hydrogen-bond donors (Lipinski definition) is 3. The average Bonchev–Trinajstić information content (AvgIpc) is 2.66. The lowest BCUT2D eigenvalue weighted by molar-refractivity contribution is -0.135. The van der Waals surface area contributed by atoms with Crippen molar-refractivity contribution in [1.29, 1.82) is 0 Å². The lowest BCUT2D eigenvalue weighted by Gasteiger charge is -2.34. The monoisotopic (exact) mass is 522 g/mol. The van der Waals surface area contributed by atoms with E-state index in [2.05, 4.69) is 15.6 Å². The van der Waals surface area contributed by atoms with E-state index in [-0.39, 0.29) is 48.4 Å². The lowest BCUT2D eigenvalue weighted by atomic mass is 10.0. The number of amides is 1. The number of carbonyl (C=O) groups is 1. The smallest absolute Gasteiger partial charge is 0.225 e. The number of aliphatic hydroxyl groups is 1. The van der Waals surface area contributed by atoms with Gasteiger partial charge in [0.2, 0.25) is 5.91 Å². The largest absolute Gasteiger partial charge is 0.386 e. The van der Waals surface area contributed by atoms with E-state index in [1.807, 2.05) is 43.9 Å². The Morgan fingerprint density at radius 3 is 2.54 bits per heavy atom. The molecule has 0 aliphatic carbocycles. The Kier molecular flexibility index (Phi) is 11.1. The summed E-state index contributed by atoms with van der Waals surface area (Å²) in [5, 5.41) is 17.6. The molecule has 28 heavy (non-hydrogen) atoms. The minimum atomic E-state index is -0.750. The third-order valence-electron chi connectivity index (χ3n) is 4.67. The SMILES string of the molecule is CCNC(=NCC(O)c1ccccc1Cl)NC1CCN(C(=O)C(C)C)CC1.I. The molecule has 1 aromatic rings. The molecular formula is C20H32ClIN4O2. The molecule has 0 spiro atoms. The van der Waals surface area contributed by atoms with E-state index in [9.17, 15) is 9.90 Å². The van der Waals surface area contributed by atoms with Crippen LogP contribution in [-0.4, -0.2) is 54.1 Å². The maximum absolute atomic E-state index is 12.1. The van der Waals surface area contributed by atoms with Crippen molar-refractivity contribution in [3.63, 3.8) is 0 Å². The Bertz CT molecular complexity index is 649. The predicted molar refractivity (Wildman–Crippen MR) is 125 cm³/mol. The molecule has 1 aromatic carbocycles. The van der Waals surface area contributed by atoms with Gasteiger partial charge in [-0.05, 0) is 25.8 Å². The molecule has 1 atom stereocenters. The number of hydrogen-bond acceptors (Lipinski definition) is 3. The number of nitrogens with zero attached hydrogens (tertiary/aromatic N) is 2. The highest BCUT2D eigenvalue weighted by atomic mass is 127. The van der Waals surface area contributed by atoms with Crippen LogP contribution in [0.2, 0.25) is 5.02 Å². The molecule has 2 rings (SSSR count). The van der Waals surface area contributed by atoms with E-state index < -0.39 is 6.10 Å². The maximum atomic E-state index is 12.1. The number of nitrogens with one attached hydrogen (secondary N) is 2. The van der Waals surface area contributed by atoms with Crippen LogP contribution in [0.3, 0.4) is 0 Å². The Morgan fingerprint density at radius 2 is 1.96 bits per heavy atom. The van der Waals surface area contributed by atoms with Crippen molar-refractivity contribution < 1.29 is 9.90 Å². The fraction of sp³-hybridized carbons (Fsp3) is 0.600. The Morgan fingerprint density at radius 1 is 1.32 bits per heavy atom. The van der Waals surface area contributed by atoms with Gasteiger partial charge in [-0.1, -0.05) is 43.6 Å². The van der Waals surface area contributed by atoms with E-state index in [0.29, 0.717) is 16.5 Å². The van der Waals surface area contributed by atoms with Gasteiger partial charge < -0.3 is 20.6 Å². The summed E-state index contributed by atoms with van der Waals surface area (Å²) in [6.07, 6.45) is 1.02. The van der Waals surface area contributed by atoms with E-state index in [4.69, 9.17) is 11.6 Å². The van der Waals surface area contributed by atoms with Crippen molar-refractivity contribution in [2.24, 2.45) is 10.9 Å². The number of benzene rings is 1. The van der Waals surface area contributed by atoms with Crippen molar-refractivity contribution in [3.05, 3.63) is 34.9 Å². The molecule has 1 aliphatic rings. The number of rotatable bonds is 6. The molecule has 0 radical (unpaired) electrons. The van der Waals surface area contributed by atoms with Gasteiger partial charge >= 0.3 is 0 Å². The van der Waals surface area contributed by atoms with Gasteiger partial charge in [0.25, 0.3) is 0 Å². The van der Waals surface area contributed by atoms with Gasteiger partial charge in [0.05, 0.1) is 6.54 Å². The van der Waals surface area contributed by atoms with Gasteiger partial charge in [0, 0.05) is 42.2 Å². The zero-order chi connectivity index (χ0) is 19.8. The molecule has 0 bridgehead atoms.